The highest BCUT2D eigenvalue weighted by Gasteiger charge is 2.45. The van der Waals surface area contributed by atoms with E-state index in [1.165, 1.54) is 4.90 Å². The summed E-state index contributed by atoms with van der Waals surface area (Å²) in [6.45, 7) is 2.18. The first kappa shape index (κ1) is 23.0. The average Bonchev–Trinajstić information content (AvgIpc) is 3.53. The van der Waals surface area contributed by atoms with Crippen LogP contribution in [0.3, 0.4) is 0 Å². The summed E-state index contributed by atoms with van der Waals surface area (Å²) in [5.74, 6) is 1.10. The summed E-state index contributed by atoms with van der Waals surface area (Å²) in [5.41, 5.74) is 2.19. The lowest BCUT2D eigenvalue weighted by atomic mass is 9.96. The van der Waals surface area contributed by atoms with Crippen molar-refractivity contribution in [2.45, 2.75) is 19.6 Å². The molecule has 0 fully saturated rings. The van der Waals surface area contributed by atoms with Crippen LogP contribution in [0.25, 0.3) is 21.7 Å². The smallest absolute Gasteiger partial charge is 0.296 e. The molecule has 1 unspecified atom stereocenters. The van der Waals surface area contributed by atoms with E-state index in [-0.39, 0.29) is 16.8 Å². The first-order valence-corrected chi connectivity index (χ1v) is 12.6. The second-order valence-corrected chi connectivity index (χ2v) is 9.55. The van der Waals surface area contributed by atoms with Gasteiger partial charge in [0.05, 0.1) is 17.0 Å². The van der Waals surface area contributed by atoms with Gasteiger partial charge in [0.25, 0.3) is 5.91 Å². The van der Waals surface area contributed by atoms with Crippen molar-refractivity contribution in [3.63, 3.8) is 0 Å². The van der Waals surface area contributed by atoms with E-state index in [0.29, 0.717) is 34.9 Å². The van der Waals surface area contributed by atoms with Gasteiger partial charge in [-0.15, -0.1) is 0 Å². The minimum atomic E-state index is -0.750. The van der Waals surface area contributed by atoms with Gasteiger partial charge in [-0.1, -0.05) is 78.0 Å². The molecule has 4 aromatic carbocycles. The van der Waals surface area contributed by atoms with Crippen LogP contribution in [0.5, 0.6) is 5.75 Å². The number of aryl methyl sites for hydroxylation is 1. The summed E-state index contributed by atoms with van der Waals surface area (Å²) in [4.78, 5) is 29.4. The zero-order valence-corrected chi connectivity index (χ0v) is 21.0. The van der Waals surface area contributed by atoms with Crippen LogP contribution in [0.15, 0.2) is 111 Å². The largest absolute Gasteiger partial charge is 0.489 e. The predicted molar refractivity (Wildman–Crippen MR) is 147 cm³/mol. The van der Waals surface area contributed by atoms with Gasteiger partial charge in [0.1, 0.15) is 23.7 Å². The highest BCUT2D eigenvalue weighted by molar-refractivity contribution is 6.12. The number of hydrogen-bond acceptors (Lipinski definition) is 6. The van der Waals surface area contributed by atoms with Crippen molar-refractivity contribution in [1.82, 2.24) is 5.16 Å². The first-order valence-electron chi connectivity index (χ1n) is 12.6. The number of hydrogen-bond donors (Lipinski definition) is 0. The van der Waals surface area contributed by atoms with E-state index in [1.807, 2.05) is 84.9 Å². The van der Waals surface area contributed by atoms with Crippen LogP contribution in [-0.2, 0) is 6.61 Å². The molecule has 1 aliphatic rings. The lowest BCUT2D eigenvalue weighted by Crippen LogP contribution is -2.29. The third-order valence-electron chi connectivity index (χ3n) is 7.07. The summed E-state index contributed by atoms with van der Waals surface area (Å²) in [6.07, 6.45) is 0. The van der Waals surface area contributed by atoms with Crippen LogP contribution in [0, 0.1) is 6.92 Å². The summed E-state index contributed by atoms with van der Waals surface area (Å²) in [6, 6.07) is 29.5. The Hall–Kier alpha value is -5.17. The molecule has 0 N–H and O–H groups in total. The van der Waals surface area contributed by atoms with Gasteiger partial charge in [0.15, 0.2) is 11.2 Å². The Labute approximate surface area is 222 Å². The van der Waals surface area contributed by atoms with Gasteiger partial charge < -0.3 is 13.7 Å². The molecule has 0 saturated heterocycles. The van der Waals surface area contributed by atoms with Gasteiger partial charge in [-0.05, 0) is 47.0 Å². The SMILES string of the molecule is Cc1cc(N2C(=O)c3oc4ccc5ccccc5c4c(=O)c3C2c2ccc(OCc3ccccc3)cc2)no1. The number of fused-ring (bicyclic) bond motifs is 4. The van der Waals surface area contributed by atoms with Crippen molar-refractivity contribution < 1.29 is 18.5 Å². The molecule has 190 valence electrons. The quantitative estimate of drug-likeness (QED) is 0.242. The third kappa shape index (κ3) is 3.78. The summed E-state index contributed by atoms with van der Waals surface area (Å²) in [7, 11) is 0. The van der Waals surface area contributed by atoms with Crippen LogP contribution in [0.1, 0.15) is 39.0 Å². The second-order valence-electron chi connectivity index (χ2n) is 9.55. The maximum atomic E-state index is 14.2. The molecular weight excluding hydrogens is 492 g/mol. The molecule has 2 aromatic heterocycles. The number of benzene rings is 4. The Balaban J connectivity index is 1.37. The Bertz CT molecular complexity index is 1920. The molecule has 7 nitrogen and oxygen atoms in total. The highest BCUT2D eigenvalue weighted by atomic mass is 16.5. The first-order chi connectivity index (χ1) is 19.1. The zero-order valence-electron chi connectivity index (χ0n) is 21.0. The van der Waals surface area contributed by atoms with Crippen molar-refractivity contribution in [3.05, 3.63) is 135 Å². The lowest BCUT2D eigenvalue weighted by molar-refractivity contribution is 0.0969. The van der Waals surface area contributed by atoms with E-state index in [1.54, 1.807) is 19.1 Å². The van der Waals surface area contributed by atoms with Crippen LogP contribution in [0.4, 0.5) is 5.82 Å². The Kier molecular flexibility index (Phi) is 5.30. The molecule has 3 heterocycles. The van der Waals surface area contributed by atoms with Gasteiger partial charge >= 0.3 is 0 Å². The molecule has 1 atom stereocenters. The molecule has 0 bridgehead atoms. The van der Waals surface area contributed by atoms with Gasteiger partial charge in [-0.2, -0.15) is 0 Å². The minimum absolute atomic E-state index is 0.0119. The van der Waals surface area contributed by atoms with Gasteiger partial charge in [-0.3, -0.25) is 14.5 Å². The second kappa shape index (κ2) is 8.99. The molecule has 7 rings (SSSR count). The predicted octanol–water partition coefficient (Wildman–Crippen LogP) is 6.57. The fourth-order valence-electron chi connectivity index (χ4n) is 5.24. The van der Waals surface area contributed by atoms with E-state index in [4.69, 9.17) is 13.7 Å². The standard InChI is InChI=1S/C32H22N2O5/c1-19-17-26(33-39-19)34-29(22-11-14-23(15-12-22)37-18-20-7-3-2-4-8-20)28-30(35)27-24-10-6-5-9-21(24)13-16-25(27)38-31(28)32(34)36/h2-17,29H,18H2,1H3. The minimum Gasteiger partial charge on any atom is -0.489 e. The van der Waals surface area contributed by atoms with Crippen molar-refractivity contribution in [1.29, 1.82) is 0 Å². The van der Waals surface area contributed by atoms with Gasteiger partial charge in [-0.25, -0.2) is 0 Å². The molecule has 39 heavy (non-hydrogen) atoms. The monoisotopic (exact) mass is 514 g/mol. The number of amides is 1. The maximum absolute atomic E-state index is 14.2. The molecule has 0 spiro atoms. The fraction of sp³-hybridized carbons (Fsp3) is 0.0938. The number of anilines is 1. The summed E-state index contributed by atoms with van der Waals surface area (Å²) < 4.78 is 17.4. The van der Waals surface area contributed by atoms with E-state index in [0.717, 1.165) is 21.9 Å². The zero-order chi connectivity index (χ0) is 26.5. The summed E-state index contributed by atoms with van der Waals surface area (Å²) in [5, 5.41) is 6.24. The number of ether oxygens (including phenoxy) is 1. The fourth-order valence-corrected chi connectivity index (χ4v) is 5.24. The van der Waals surface area contributed by atoms with Crippen LogP contribution in [-0.4, -0.2) is 11.1 Å². The van der Waals surface area contributed by atoms with Crippen molar-refractivity contribution in [3.8, 4) is 5.75 Å². The molecule has 6 aromatic rings. The van der Waals surface area contributed by atoms with Crippen molar-refractivity contribution in [2.24, 2.45) is 0 Å². The van der Waals surface area contributed by atoms with Crippen LogP contribution >= 0.6 is 0 Å². The normalized spacial score (nSPS) is 14.7. The molecule has 0 radical (unpaired) electrons. The molecule has 7 heteroatoms. The van der Waals surface area contributed by atoms with E-state index in [2.05, 4.69) is 5.16 Å². The van der Waals surface area contributed by atoms with Crippen molar-refractivity contribution >= 4 is 33.5 Å². The Morgan fingerprint density at radius 1 is 0.897 bits per heavy atom. The Morgan fingerprint density at radius 2 is 1.67 bits per heavy atom. The molecule has 1 aliphatic heterocycles. The molecule has 0 saturated carbocycles. The van der Waals surface area contributed by atoms with Gasteiger partial charge in [0, 0.05) is 6.07 Å². The number of rotatable bonds is 5. The topological polar surface area (TPSA) is 85.8 Å². The van der Waals surface area contributed by atoms with Crippen LogP contribution in [0.2, 0.25) is 0 Å². The lowest BCUT2D eigenvalue weighted by Gasteiger charge is -2.22. The third-order valence-corrected chi connectivity index (χ3v) is 7.07. The van der Waals surface area contributed by atoms with E-state index < -0.39 is 11.9 Å². The number of nitrogens with zero attached hydrogens (tertiary/aromatic N) is 2. The summed E-state index contributed by atoms with van der Waals surface area (Å²) >= 11 is 0. The molecule has 0 aliphatic carbocycles. The Morgan fingerprint density at radius 3 is 2.44 bits per heavy atom. The number of aromatic nitrogens is 1. The number of carbonyl (C=O) groups excluding carboxylic acids is 1. The average molecular weight is 515 g/mol. The van der Waals surface area contributed by atoms with Crippen LogP contribution < -0.4 is 15.1 Å². The number of carbonyl (C=O) groups is 1. The molecule has 1 amide bonds. The van der Waals surface area contributed by atoms with Gasteiger partial charge in [0.2, 0.25) is 5.76 Å². The van der Waals surface area contributed by atoms with E-state index >= 15 is 0 Å². The maximum Gasteiger partial charge on any atom is 0.296 e. The van der Waals surface area contributed by atoms with E-state index in [9.17, 15) is 9.59 Å². The highest BCUT2D eigenvalue weighted by Crippen LogP contribution is 2.42. The molecular formula is C32H22N2O5. The van der Waals surface area contributed by atoms with Crippen molar-refractivity contribution in [2.75, 3.05) is 4.90 Å².